The lowest BCUT2D eigenvalue weighted by atomic mass is 9.85. The number of Topliss-reactive ketones (excluding diaryl/α,β-unsaturated/α-hetero) is 1. The normalized spacial score (nSPS) is 17.9. The van der Waals surface area contributed by atoms with Gasteiger partial charge >= 0.3 is 6.03 Å². The van der Waals surface area contributed by atoms with Crippen molar-refractivity contribution in [2.24, 2.45) is 11.1 Å². The molecule has 5 amide bonds. The summed E-state index contributed by atoms with van der Waals surface area (Å²) in [5.74, 6) is -2.45. The number of carbonyl (C=O) groups is 5. The van der Waals surface area contributed by atoms with Crippen molar-refractivity contribution in [2.45, 2.75) is 71.5 Å². The van der Waals surface area contributed by atoms with Crippen LogP contribution in [0.2, 0.25) is 0 Å². The number of nitrogens with zero attached hydrogens (tertiary/aromatic N) is 1. The van der Waals surface area contributed by atoms with Gasteiger partial charge in [-0.2, -0.15) is 0 Å². The number of amides is 5. The smallest absolute Gasteiger partial charge is 0.312 e. The first-order valence-electron chi connectivity index (χ1n) is 10.5. The van der Waals surface area contributed by atoms with E-state index in [0.717, 1.165) is 0 Å². The molecule has 1 rings (SSSR count). The zero-order valence-corrected chi connectivity index (χ0v) is 18.8. The van der Waals surface area contributed by atoms with E-state index >= 15 is 0 Å². The molecule has 3 atom stereocenters. The Morgan fingerprint density at radius 3 is 2.35 bits per heavy atom. The molecule has 5 N–H and O–H groups in total. The van der Waals surface area contributed by atoms with Crippen LogP contribution in [0.15, 0.2) is 12.7 Å². The summed E-state index contributed by atoms with van der Waals surface area (Å²) in [5, 5.41) is 7.53. The van der Waals surface area contributed by atoms with Gasteiger partial charge in [-0.25, -0.2) is 4.79 Å². The molecule has 174 valence electrons. The molecule has 0 aromatic rings. The van der Waals surface area contributed by atoms with Crippen LogP contribution in [0.25, 0.3) is 0 Å². The SMILES string of the molecule is C=CCNC(=O)C(=O)C(CCC)NC(=O)[C@@H]1CCCN1C(=O)[C@@H](NC(N)=O)C(C)(C)C. The number of likely N-dealkylation sites (tertiary alicyclic amines) is 1. The summed E-state index contributed by atoms with van der Waals surface area (Å²) in [5.41, 5.74) is 4.61. The van der Waals surface area contributed by atoms with Gasteiger partial charge in [0, 0.05) is 13.1 Å². The van der Waals surface area contributed by atoms with Gasteiger partial charge in [0.05, 0.1) is 6.04 Å². The summed E-state index contributed by atoms with van der Waals surface area (Å²) < 4.78 is 0. The van der Waals surface area contributed by atoms with Gasteiger partial charge in [0.2, 0.25) is 17.6 Å². The van der Waals surface area contributed by atoms with Crippen molar-refractivity contribution < 1.29 is 24.0 Å². The molecule has 1 heterocycles. The first-order chi connectivity index (χ1) is 14.4. The second kappa shape index (κ2) is 11.5. The van der Waals surface area contributed by atoms with Crippen molar-refractivity contribution in [2.75, 3.05) is 13.1 Å². The van der Waals surface area contributed by atoms with Crippen molar-refractivity contribution in [3.05, 3.63) is 12.7 Å². The molecule has 0 spiro atoms. The first-order valence-corrected chi connectivity index (χ1v) is 10.5. The highest BCUT2D eigenvalue weighted by Gasteiger charge is 2.42. The number of carbonyl (C=O) groups excluding carboxylic acids is 5. The Hall–Kier alpha value is -2.91. The third-order valence-electron chi connectivity index (χ3n) is 5.08. The Morgan fingerprint density at radius 1 is 1.19 bits per heavy atom. The Labute approximate surface area is 183 Å². The molecule has 1 aliphatic heterocycles. The van der Waals surface area contributed by atoms with Crippen LogP contribution in [-0.4, -0.2) is 65.7 Å². The minimum absolute atomic E-state index is 0.142. The second-order valence-electron chi connectivity index (χ2n) is 8.71. The zero-order chi connectivity index (χ0) is 23.8. The molecular weight excluding hydrogens is 402 g/mol. The zero-order valence-electron chi connectivity index (χ0n) is 18.8. The van der Waals surface area contributed by atoms with E-state index < -0.39 is 53.1 Å². The van der Waals surface area contributed by atoms with Crippen molar-refractivity contribution in [3.63, 3.8) is 0 Å². The van der Waals surface area contributed by atoms with Crippen LogP contribution in [0.5, 0.6) is 0 Å². The van der Waals surface area contributed by atoms with E-state index in [1.54, 1.807) is 20.8 Å². The first kappa shape index (κ1) is 26.1. The summed E-state index contributed by atoms with van der Waals surface area (Å²) in [6, 6.07) is -3.51. The minimum Gasteiger partial charge on any atom is -0.352 e. The number of primary amides is 1. The molecule has 0 bridgehead atoms. The van der Waals surface area contributed by atoms with Crippen LogP contribution >= 0.6 is 0 Å². The van der Waals surface area contributed by atoms with Gasteiger partial charge in [-0.1, -0.05) is 40.2 Å². The van der Waals surface area contributed by atoms with Gasteiger partial charge < -0.3 is 26.6 Å². The third-order valence-corrected chi connectivity index (χ3v) is 5.08. The molecule has 10 nitrogen and oxygen atoms in total. The van der Waals surface area contributed by atoms with Gasteiger partial charge in [0.15, 0.2) is 0 Å². The van der Waals surface area contributed by atoms with Crippen LogP contribution in [0.4, 0.5) is 4.79 Å². The van der Waals surface area contributed by atoms with Gasteiger partial charge in [-0.3, -0.25) is 19.2 Å². The Kier molecular flexibility index (Phi) is 9.67. The van der Waals surface area contributed by atoms with Crippen LogP contribution in [-0.2, 0) is 19.2 Å². The number of hydrogen-bond donors (Lipinski definition) is 4. The van der Waals surface area contributed by atoms with Gasteiger partial charge in [0.25, 0.3) is 5.91 Å². The lowest BCUT2D eigenvalue weighted by Gasteiger charge is -2.35. The topological polar surface area (TPSA) is 151 Å². The lowest BCUT2D eigenvalue weighted by Crippen LogP contribution is -2.59. The quantitative estimate of drug-likeness (QED) is 0.285. The standard InChI is InChI=1S/C21H35N5O5/c1-6-9-13(15(27)18(29)23-11-7-2)24-17(28)14-10-8-12-26(14)19(30)16(21(3,4)5)25-20(22)31/h7,13-14,16H,2,6,8-12H2,1,3-5H3,(H,23,29)(H,24,28)(H3,22,25,31)/t13?,14-,16+/m0/s1. The highest BCUT2D eigenvalue weighted by atomic mass is 16.2. The number of hydrogen-bond acceptors (Lipinski definition) is 5. The maximum absolute atomic E-state index is 13.1. The number of urea groups is 1. The highest BCUT2D eigenvalue weighted by molar-refractivity contribution is 6.38. The van der Waals surface area contributed by atoms with Crippen molar-refractivity contribution in [3.8, 4) is 0 Å². The maximum Gasteiger partial charge on any atom is 0.312 e. The van der Waals surface area contributed by atoms with E-state index in [-0.39, 0.29) is 6.54 Å². The molecule has 0 aromatic heterocycles. The summed E-state index contributed by atoms with van der Waals surface area (Å²) in [4.78, 5) is 63.4. The predicted octanol–water partition coefficient (Wildman–Crippen LogP) is 0.217. The Morgan fingerprint density at radius 2 is 1.84 bits per heavy atom. The molecule has 1 aliphatic rings. The summed E-state index contributed by atoms with van der Waals surface area (Å²) in [6.07, 6.45) is 3.34. The Bertz CT molecular complexity index is 715. The average Bonchev–Trinajstić information content (AvgIpc) is 3.17. The fraction of sp³-hybridized carbons (Fsp3) is 0.667. The van der Waals surface area contributed by atoms with E-state index in [0.29, 0.717) is 32.2 Å². The molecule has 0 aromatic carbocycles. The molecule has 0 radical (unpaired) electrons. The molecule has 1 saturated heterocycles. The van der Waals surface area contributed by atoms with Crippen molar-refractivity contribution in [1.29, 1.82) is 0 Å². The summed E-state index contributed by atoms with van der Waals surface area (Å²) in [7, 11) is 0. The van der Waals surface area contributed by atoms with Crippen LogP contribution in [0, 0.1) is 5.41 Å². The van der Waals surface area contributed by atoms with E-state index in [4.69, 9.17) is 5.73 Å². The van der Waals surface area contributed by atoms with Gasteiger partial charge in [-0.15, -0.1) is 6.58 Å². The van der Waals surface area contributed by atoms with E-state index in [1.165, 1.54) is 11.0 Å². The number of ketones is 1. The third kappa shape index (κ3) is 7.37. The van der Waals surface area contributed by atoms with Crippen LogP contribution in [0.1, 0.15) is 53.4 Å². The van der Waals surface area contributed by atoms with Crippen molar-refractivity contribution >= 4 is 29.5 Å². The van der Waals surface area contributed by atoms with Crippen molar-refractivity contribution in [1.82, 2.24) is 20.9 Å². The predicted molar refractivity (Wildman–Crippen MR) is 116 cm³/mol. The average molecular weight is 438 g/mol. The number of rotatable bonds is 10. The Balaban J connectivity index is 2.97. The molecular formula is C21H35N5O5. The second-order valence-corrected chi connectivity index (χ2v) is 8.71. The van der Waals surface area contributed by atoms with Crippen LogP contribution < -0.4 is 21.7 Å². The molecule has 1 unspecified atom stereocenters. The van der Waals surface area contributed by atoms with Gasteiger partial charge in [-0.05, 0) is 24.7 Å². The largest absolute Gasteiger partial charge is 0.352 e. The number of nitrogens with one attached hydrogen (secondary N) is 3. The highest BCUT2D eigenvalue weighted by Crippen LogP contribution is 2.26. The summed E-state index contributed by atoms with van der Waals surface area (Å²) >= 11 is 0. The van der Waals surface area contributed by atoms with Gasteiger partial charge in [0.1, 0.15) is 12.1 Å². The maximum atomic E-state index is 13.1. The fourth-order valence-electron chi connectivity index (χ4n) is 3.50. The molecule has 10 heteroatoms. The molecule has 31 heavy (non-hydrogen) atoms. The van der Waals surface area contributed by atoms with E-state index in [2.05, 4.69) is 22.5 Å². The van der Waals surface area contributed by atoms with Crippen LogP contribution in [0.3, 0.4) is 0 Å². The minimum atomic E-state index is -0.984. The monoisotopic (exact) mass is 437 g/mol. The molecule has 0 aliphatic carbocycles. The molecule has 1 fully saturated rings. The number of nitrogens with two attached hydrogens (primary N) is 1. The molecule has 0 saturated carbocycles. The fourth-order valence-corrected chi connectivity index (χ4v) is 3.50. The lowest BCUT2D eigenvalue weighted by molar-refractivity contribution is -0.143. The van der Waals surface area contributed by atoms with E-state index in [1.807, 2.05) is 6.92 Å². The summed E-state index contributed by atoms with van der Waals surface area (Å²) in [6.45, 7) is 11.2. The van der Waals surface area contributed by atoms with E-state index in [9.17, 15) is 24.0 Å².